The summed E-state index contributed by atoms with van der Waals surface area (Å²) in [5.41, 5.74) is 6.85. The molecule has 16 heavy (non-hydrogen) atoms. The fourth-order valence-corrected chi connectivity index (χ4v) is 2.04. The Morgan fingerprint density at radius 1 is 1.56 bits per heavy atom. The minimum atomic E-state index is -0.437. The van der Waals surface area contributed by atoms with Crippen LogP contribution in [0.25, 0.3) is 11.3 Å². The van der Waals surface area contributed by atoms with E-state index in [1.165, 1.54) is 7.11 Å². The fraction of sp³-hybridized carbons (Fsp3) is 0.100. The summed E-state index contributed by atoms with van der Waals surface area (Å²) in [6.07, 6.45) is 3.28. The van der Waals surface area contributed by atoms with Gasteiger partial charge >= 0.3 is 5.97 Å². The number of nitrogen functional groups attached to an aromatic ring is 1. The highest BCUT2D eigenvalue weighted by Crippen LogP contribution is 2.29. The van der Waals surface area contributed by atoms with E-state index in [4.69, 9.17) is 5.73 Å². The highest BCUT2D eigenvalue weighted by molar-refractivity contribution is 7.17. The van der Waals surface area contributed by atoms with Crippen molar-refractivity contribution in [2.45, 2.75) is 0 Å². The van der Waals surface area contributed by atoms with E-state index in [9.17, 15) is 4.79 Å². The monoisotopic (exact) mass is 235 g/mol. The minimum Gasteiger partial charge on any atom is -0.465 e. The van der Waals surface area contributed by atoms with E-state index in [2.05, 4.69) is 14.7 Å². The number of ether oxygens (including phenoxy) is 1. The SMILES string of the molecule is COC(=O)c1sc(N)nc1-c1cccnc1. The standard InChI is InChI=1S/C10H9N3O2S/c1-15-9(14)8-7(13-10(11)16-8)6-3-2-4-12-5-6/h2-5H,1H3,(H2,11,13). The highest BCUT2D eigenvalue weighted by atomic mass is 32.1. The van der Waals surface area contributed by atoms with Crippen LogP contribution in [0.3, 0.4) is 0 Å². The van der Waals surface area contributed by atoms with Gasteiger partial charge < -0.3 is 10.5 Å². The number of aromatic nitrogens is 2. The van der Waals surface area contributed by atoms with Crippen LogP contribution in [-0.4, -0.2) is 23.0 Å². The normalized spacial score (nSPS) is 10.1. The predicted octanol–water partition coefficient (Wildman–Crippen LogP) is 1.57. The fourth-order valence-electron chi connectivity index (χ4n) is 1.27. The van der Waals surface area contributed by atoms with E-state index in [1.54, 1.807) is 18.5 Å². The zero-order valence-corrected chi connectivity index (χ0v) is 9.32. The molecule has 2 rings (SSSR count). The van der Waals surface area contributed by atoms with Crippen molar-refractivity contribution in [1.29, 1.82) is 0 Å². The van der Waals surface area contributed by atoms with Crippen LogP contribution >= 0.6 is 11.3 Å². The number of pyridine rings is 1. The van der Waals surface area contributed by atoms with Crippen molar-refractivity contribution in [3.63, 3.8) is 0 Å². The van der Waals surface area contributed by atoms with Gasteiger partial charge in [0.15, 0.2) is 5.13 Å². The summed E-state index contributed by atoms with van der Waals surface area (Å²) in [4.78, 5) is 20.0. The Balaban J connectivity index is 2.53. The van der Waals surface area contributed by atoms with Crippen molar-refractivity contribution >= 4 is 22.4 Å². The predicted molar refractivity (Wildman–Crippen MR) is 61.1 cm³/mol. The third-order valence-electron chi connectivity index (χ3n) is 1.95. The molecule has 0 aliphatic heterocycles. The Kier molecular flexibility index (Phi) is 2.82. The van der Waals surface area contributed by atoms with E-state index >= 15 is 0 Å². The van der Waals surface area contributed by atoms with Crippen LogP contribution < -0.4 is 5.73 Å². The number of carbonyl (C=O) groups is 1. The number of hydrogen-bond donors (Lipinski definition) is 1. The Bertz CT molecular complexity index is 510. The molecule has 2 aromatic rings. The summed E-state index contributed by atoms with van der Waals surface area (Å²) >= 11 is 1.11. The van der Waals surface area contributed by atoms with E-state index in [1.807, 2.05) is 6.07 Å². The second-order valence-electron chi connectivity index (χ2n) is 2.96. The third kappa shape index (κ3) is 1.87. The number of nitrogens with zero attached hydrogens (tertiary/aromatic N) is 2. The topological polar surface area (TPSA) is 78.1 Å². The lowest BCUT2D eigenvalue weighted by molar-refractivity contribution is 0.0607. The van der Waals surface area contributed by atoms with Crippen molar-refractivity contribution in [1.82, 2.24) is 9.97 Å². The van der Waals surface area contributed by atoms with Crippen molar-refractivity contribution in [2.24, 2.45) is 0 Å². The van der Waals surface area contributed by atoms with Crippen molar-refractivity contribution in [3.05, 3.63) is 29.4 Å². The van der Waals surface area contributed by atoms with Crippen LogP contribution in [-0.2, 0) is 4.74 Å². The number of carbonyl (C=O) groups excluding carboxylic acids is 1. The lowest BCUT2D eigenvalue weighted by Gasteiger charge is -1.99. The van der Waals surface area contributed by atoms with Gasteiger partial charge in [0.25, 0.3) is 0 Å². The van der Waals surface area contributed by atoms with Crippen molar-refractivity contribution < 1.29 is 9.53 Å². The van der Waals surface area contributed by atoms with Gasteiger partial charge in [-0.3, -0.25) is 4.98 Å². The molecule has 0 radical (unpaired) electrons. The van der Waals surface area contributed by atoms with Crippen LogP contribution in [0.5, 0.6) is 0 Å². The Morgan fingerprint density at radius 2 is 2.38 bits per heavy atom. The smallest absolute Gasteiger partial charge is 0.350 e. The number of esters is 1. The molecule has 5 nitrogen and oxygen atoms in total. The summed E-state index contributed by atoms with van der Waals surface area (Å²) in [7, 11) is 1.32. The van der Waals surface area contributed by atoms with Crippen LogP contribution in [0.4, 0.5) is 5.13 Å². The van der Waals surface area contributed by atoms with Crippen LogP contribution in [0.15, 0.2) is 24.5 Å². The molecule has 0 saturated heterocycles. The molecule has 0 aliphatic carbocycles. The molecule has 2 aromatic heterocycles. The number of thiazole rings is 1. The maximum absolute atomic E-state index is 11.5. The first kappa shape index (κ1) is 10.6. The number of rotatable bonds is 2. The molecular weight excluding hydrogens is 226 g/mol. The maximum Gasteiger partial charge on any atom is 0.350 e. The summed E-state index contributed by atoms with van der Waals surface area (Å²) in [5, 5.41) is 0.333. The number of methoxy groups -OCH3 is 1. The van der Waals surface area contributed by atoms with E-state index < -0.39 is 5.97 Å². The molecule has 0 amide bonds. The molecule has 82 valence electrons. The second-order valence-corrected chi connectivity index (χ2v) is 3.99. The summed E-state index contributed by atoms with van der Waals surface area (Å²) in [6, 6.07) is 3.58. The molecule has 0 saturated carbocycles. The maximum atomic E-state index is 11.5. The third-order valence-corrected chi connectivity index (χ3v) is 2.81. The van der Waals surface area contributed by atoms with Gasteiger partial charge in [0.1, 0.15) is 4.88 Å². The molecule has 0 spiro atoms. The Labute approximate surface area is 95.9 Å². The lowest BCUT2D eigenvalue weighted by atomic mass is 10.2. The number of anilines is 1. The lowest BCUT2D eigenvalue weighted by Crippen LogP contribution is -2.00. The van der Waals surface area contributed by atoms with Gasteiger partial charge in [-0.25, -0.2) is 9.78 Å². The van der Waals surface area contributed by atoms with Gasteiger partial charge in [0.2, 0.25) is 0 Å². The summed E-state index contributed by atoms with van der Waals surface area (Å²) < 4.78 is 4.67. The molecule has 2 heterocycles. The van der Waals surface area contributed by atoms with Crippen molar-refractivity contribution in [2.75, 3.05) is 12.8 Å². The molecule has 0 aromatic carbocycles. The quantitative estimate of drug-likeness (QED) is 0.799. The molecule has 2 N–H and O–H groups in total. The first-order chi connectivity index (χ1) is 7.72. The van der Waals surface area contributed by atoms with Gasteiger partial charge in [-0.15, -0.1) is 0 Å². The molecule has 0 fully saturated rings. The Morgan fingerprint density at radius 3 is 3.00 bits per heavy atom. The van der Waals surface area contributed by atoms with Gasteiger partial charge in [-0.05, 0) is 12.1 Å². The van der Waals surface area contributed by atoms with Gasteiger partial charge in [-0.2, -0.15) is 0 Å². The molecule has 0 bridgehead atoms. The van der Waals surface area contributed by atoms with Gasteiger partial charge in [-0.1, -0.05) is 11.3 Å². The van der Waals surface area contributed by atoms with Crippen molar-refractivity contribution in [3.8, 4) is 11.3 Å². The molecular formula is C10H9N3O2S. The average molecular weight is 235 g/mol. The van der Waals surface area contributed by atoms with E-state index in [0.717, 1.165) is 16.9 Å². The van der Waals surface area contributed by atoms with E-state index in [0.29, 0.717) is 15.7 Å². The highest BCUT2D eigenvalue weighted by Gasteiger charge is 2.18. The molecule has 0 aliphatic rings. The van der Waals surface area contributed by atoms with Gasteiger partial charge in [0.05, 0.1) is 12.8 Å². The summed E-state index contributed by atoms with van der Waals surface area (Å²) in [5.74, 6) is -0.437. The number of hydrogen-bond acceptors (Lipinski definition) is 6. The Hall–Kier alpha value is -1.95. The van der Waals surface area contributed by atoms with Crippen LogP contribution in [0, 0.1) is 0 Å². The van der Waals surface area contributed by atoms with Crippen LogP contribution in [0.2, 0.25) is 0 Å². The zero-order chi connectivity index (χ0) is 11.5. The van der Waals surface area contributed by atoms with Gasteiger partial charge in [0, 0.05) is 18.0 Å². The molecule has 0 atom stereocenters. The minimum absolute atomic E-state index is 0.333. The molecule has 6 heteroatoms. The van der Waals surface area contributed by atoms with Crippen LogP contribution in [0.1, 0.15) is 9.67 Å². The van der Waals surface area contributed by atoms with E-state index in [-0.39, 0.29) is 0 Å². The average Bonchev–Trinajstić information content (AvgIpc) is 2.71. The zero-order valence-electron chi connectivity index (χ0n) is 8.51. The molecule has 0 unspecified atom stereocenters. The largest absolute Gasteiger partial charge is 0.465 e. The first-order valence-corrected chi connectivity index (χ1v) is 5.29. The first-order valence-electron chi connectivity index (χ1n) is 4.47. The number of nitrogens with two attached hydrogens (primary N) is 1. The summed E-state index contributed by atoms with van der Waals surface area (Å²) in [6.45, 7) is 0. The second kappa shape index (κ2) is 4.28.